The summed E-state index contributed by atoms with van der Waals surface area (Å²) in [6.45, 7) is 1.41. The van der Waals surface area contributed by atoms with Gasteiger partial charge in [0.05, 0.1) is 26.8 Å². The zero-order valence-electron chi connectivity index (χ0n) is 17.2. The van der Waals surface area contributed by atoms with Gasteiger partial charge in [0.1, 0.15) is 12.4 Å². The summed E-state index contributed by atoms with van der Waals surface area (Å²) >= 11 is 13.7. The van der Waals surface area contributed by atoms with Crippen LogP contribution in [0.3, 0.4) is 0 Å². The highest BCUT2D eigenvalue weighted by molar-refractivity contribution is 7.97. The number of fused-ring (bicyclic) bond motifs is 1. The number of aromatic nitrogens is 2. The Kier molecular flexibility index (Phi) is 6.89. The van der Waals surface area contributed by atoms with Crippen molar-refractivity contribution in [3.63, 3.8) is 0 Å². The number of imidazole rings is 1. The zero-order chi connectivity index (χ0) is 22.0. The maximum absolute atomic E-state index is 13.0. The molecule has 2 aromatic carbocycles. The maximum Gasteiger partial charge on any atom is 0.242 e. The Balaban J connectivity index is 1.42. The van der Waals surface area contributed by atoms with E-state index in [0.29, 0.717) is 41.5 Å². The molecule has 31 heavy (non-hydrogen) atoms. The summed E-state index contributed by atoms with van der Waals surface area (Å²) < 4.78 is 2.01. The summed E-state index contributed by atoms with van der Waals surface area (Å²) in [6.07, 6.45) is 3.32. The number of piperidine rings is 1. The van der Waals surface area contributed by atoms with Gasteiger partial charge < -0.3 is 9.47 Å². The molecule has 0 N–H and O–H groups in total. The number of Topliss-reactive ketones (excluding diaryl/α,β-unsaturated/α-hetero) is 1. The van der Waals surface area contributed by atoms with Gasteiger partial charge in [-0.3, -0.25) is 9.59 Å². The Bertz CT molecular complexity index is 1120. The molecule has 1 fully saturated rings. The third kappa shape index (κ3) is 4.76. The molecule has 162 valence electrons. The molecule has 4 rings (SSSR count). The van der Waals surface area contributed by atoms with Gasteiger partial charge in [-0.25, -0.2) is 4.98 Å². The van der Waals surface area contributed by atoms with Crippen molar-refractivity contribution in [3.8, 4) is 0 Å². The van der Waals surface area contributed by atoms with E-state index in [1.807, 2.05) is 40.0 Å². The molecular weight excluding hydrogens is 453 g/mol. The summed E-state index contributed by atoms with van der Waals surface area (Å²) in [6, 6.07) is 12.9. The molecule has 0 unspecified atom stereocenters. The van der Waals surface area contributed by atoms with Crippen LogP contribution in [0.15, 0.2) is 42.5 Å². The Morgan fingerprint density at radius 3 is 2.55 bits per heavy atom. The third-order valence-corrected chi connectivity index (χ3v) is 7.01. The number of hydrogen-bond acceptors (Lipinski definition) is 4. The fourth-order valence-electron chi connectivity index (χ4n) is 4.05. The van der Waals surface area contributed by atoms with E-state index in [2.05, 4.69) is 4.98 Å². The lowest BCUT2D eigenvalue weighted by atomic mass is 9.89. The third-order valence-electron chi connectivity index (χ3n) is 5.72. The first-order chi connectivity index (χ1) is 15.0. The molecule has 3 aromatic rings. The number of thioether (sulfide) groups is 1. The van der Waals surface area contributed by atoms with Gasteiger partial charge in [0.15, 0.2) is 5.78 Å². The fraction of sp³-hybridized carbons (Fsp3) is 0.348. The van der Waals surface area contributed by atoms with Gasteiger partial charge in [0.2, 0.25) is 5.91 Å². The van der Waals surface area contributed by atoms with Crippen LogP contribution in [0.1, 0.15) is 29.0 Å². The van der Waals surface area contributed by atoms with Crippen LogP contribution >= 0.6 is 35.0 Å². The van der Waals surface area contributed by atoms with Crippen molar-refractivity contribution in [2.45, 2.75) is 25.1 Å². The molecule has 1 amide bonds. The first-order valence-electron chi connectivity index (χ1n) is 10.2. The summed E-state index contributed by atoms with van der Waals surface area (Å²) in [4.78, 5) is 32.4. The quantitative estimate of drug-likeness (QED) is 0.452. The van der Waals surface area contributed by atoms with Gasteiger partial charge in [-0.1, -0.05) is 35.3 Å². The predicted molar refractivity (Wildman–Crippen MR) is 127 cm³/mol. The van der Waals surface area contributed by atoms with Crippen molar-refractivity contribution < 1.29 is 9.59 Å². The highest BCUT2D eigenvalue weighted by Crippen LogP contribution is 2.27. The van der Waals surface area contributed by atoms with Crippen molar-refractivity contribution in [1.29, 1.82) is 0 Å². The molecule has 0 spiro atoms. The number of halogens is 2. The number of carbonyl (C=O) groups excluding carboxylic acids is 2. The van der Waals surface area contributed by atoms with Crippen LogP contribution in [0, 0.1) is 5.92 Å². The SMILES string of the molecule is CSCc1nc2ccccc2n1CC(=O)N1CCC(C(=O)c2ccc(Cl)c(Cl)c2)CC1. The molecular formula is C23H23Cl2N3O2S. The van der Waals surface area contributed by atoms with Gasteiger partial charge in [-0.15, -0.1) is 0 Å². The minimum atomic E-state index is -0.109. The van der Waals surface area contributed by atoms with Crippen molar-refractivity contribution in [2.24, 2.45) is 5.92 Å². The van der Waals surface area contributed by atoms with Crippen molar-refractivity contribution in [3.05, 3.63) is 63.9 Å². The number of ketones is 1. The van der Waals surface area contributed by atoms with Gasteiger partial charge in [-0.05, 0) is 49.4 Å². The minimum absolute atomic E-state index is 0.0611. The Hall–Kier alpha value is -2.02. The zero-order valence-corrected chi connectivity index (χ0v) is 19.5. The number of amides is 1. The highest BCUT2D eigenvalue weighted by atomic mass is 35.5. The van der Waals surface area contributed by atoms with Crippen LogP contribution in [0.2, 0.25) is 10.0 Å². The van der Waals surface area contributed by atoms with E-state index in [-0.39, 0.29) is 24.2 Å². The molecule has 0 radical (unpaired) electrons. The second kappa shape index (κ2) is 9.63. The van der Waals surface area contributed by atoms with E-state index in [4.69, 9.17) is 23.2 Å². The molecule has 8 heteroatoms. The summed E-state index contributed by atoms with van der Waals surface area (Å²) in [5.41, 5.74) is 2.46. The number of hydrogen-bond donors (Lipinski definition) is 0. The average molecular weight is 476 g/mol. The number of benzene rings is 2. The number of rotatable bonds is 6. The lowest BCUT2D eigenvalue weighted by Crippen LogP contribution is -2.41. The summed E-state index contributed by atoms with van der Waals surface area (Å²) in [5.74, 6) is 1.68. The molecule has 1 saturated heterocycles. The Morgan fingerprint density at radius 2 is 1.84 bits per heavy atom. The number of nitrogens with zero attached hydrogens (tertiary/aromatic N) is 3. The molecule has 2 heterocycles. The molecule has 0 atom stereocenters. The van der Waals surface area contributed by atoms with Gasteiger partial charge in [0.25, 0.3) is 0 Å². The largest absolute Gasteiger partial charge is 0.341 e. The first-order valence-corrected chi connectivity index (χ1v) is 12.3. The molecule has 1 aliphatic rings. The Labute approximate surface area is 195 Å². The van der Waals surface area contributed by atoms with E-state index >= 15 is 0 Å². The first kappa shape index (κ1) is 22.2. The topological polar surface area (TPSA) is 55.2 Å². The van der Waals surface area contributed by atoms with Crippen LogP contribution in [0.5, 0.6) is 0 Å². The molecule has 5 nitrogen and oxygen atoms in total. The predicted octanol–water partition coefficient (Wildman–Crippen LogP) is 5.33. The minimum Gasteiger partial charge on any atom is -0.341 e. The molecule has 0 bridgehead atoms. The van der Waals surface area contributed by atoms with Gasteiger partial charge >= 0.3 is 0 Å². The lowest BCUT2D eigenvalue weighted by Gasteiger charge is -2.31. The smallest absolute Gasteiger partial charge is 0.242 e. The Morgan fingerprint density at radius 1 is 1.10 bits per heavy atom. The van der Waals surface area contributed by atoms with Crippen LogP contribution in [-0.2, 0) is 17.1 Å². The second-order valence-corrected chi connectivity index (χ2v) is 9.36. The van der Waals surface area contributed by atoms with Gasteiger partial charge in [-0.2, -0.15) is 11.8 Å². The normalized spacial score (nSPS) is 14.9. The maximum atomic E-state index is 13.0. The van der Waals surface area contributed by atoms with Crippen molar-refractivity contribution >= 4 is 57.7 Å². The van der Waals surface area contributed by atoms with Crippen LogP contribution in [-0.4, -0.2) is 45.5 Å². The molecule has 0 saturated carbocycles. The van der Waals surface area contributed by atoms with Crippen molar-refractivity contribution in [1.82, 2.24) is 14.5 Å². The van der Waals surface area contributed by atoms with Crippen LogP contribution < -0.4 is 0 Å². The standard InChI is InChI=1S/C23H23Cl2N3O2S/c1-31-14-21-26-19-4-2-3-5-20(19)28(21)13-22(29)27-10-8-15(9-11-27)23(30)16-6-7-17(24)18(25)12-16/h2-7,12,15H,8-11,13-14H2,1H3. The van der Waals surface area contributed by atoms with E-state index < -0.39 is 0 Å². The molecule has 1 aliphatic heterocycles. The van der Waals surface area contributed by atoms with Crippen molar-refractivity contribution in [2.75, 3.05) is 19.3 Å². The number of para-hydroxylation sites is 2. The van der Waals surface area contributed by atoms with E-state index in [1.54, 1.807) is 30.0 Å². The number of carbonyl (C=O) groups is 2. The van der Waals surface area contributed by atoms with Crippen LogP contribution in [0.4, 0.5) is 0 Å². The fourth-order valence-corrected chi connectivity index (χ4v) is 4.83. The van der Waals surface area contributed by atoms with E-state index in [1.165, 1.54) is 0 Å². The number of likely N-dealkylation sites (tertiary alicyclic amines) is 1. The van der Waals surface area contributed by atoms with E-state index in [0.717, 1.165) is 22.6 Å². The second-order valence-electron chi connectivity index (χ2n) is 7.68. The van der Waals surface area contributed by atoms with Gasteiger partial charge in [0, 0.05) is 24.6 Å². The molecule has 0 aliphatic carbocycles. The van der Waals surface area contributed by atoms with E-state index in [9.17, 15) is 9.59 Å². The monoisotopic (exact) mass is 475 g/mol. The average Bonchev–Trinajstić information content (AvgIpc) is 3.12. The highest BCUT2D eigenvalue weighted by Gasteiger charge is 2.28. The summed E-state index contributed by atoms with van der Waals surface area (Å²) in [7, 11) is 0. The molecule has 1 aromatic heterocycles. The summed E-state index contributed by atoms with van der Waals surface area (Å²) in [5, 5.41) is 0.820. The lowest BCUT2D eigenvalue weighted by molar-refractivity contribution is -0.133. The van der Waals surface area contributed by atoms with Crippen LogP contribution in [0.25, 0.3) is 11.0 Å².